The smallest absolute Gasteiger partial charge is 0.339 e. The predicted octanol–water partition coefficient (Wildman–Crippen LogP) is 2.39. The Bertz CT molecular complexity index is 671. The minimum Gasteiger partial charge on any atom is -0.478 e. The first-order chi connectivity index (χ1) is 9.49. The molecule has 0 atom stereocenters. The number of anilines is 1. The highest BCUT2D eigenvalue weighted by Gasteiger charge is 2.17. The molecule has 1 aromatic carbocycles. The van der Waals surface area contributed by atoms with Gasteiger partial charge in [-0.05, 0) is 19.1 Å². The topological polar surface area (TPSA) is 92.2 Å². The van der Waals surface area contributed by atoms with Gasteiger partial charge in [0.1, 0.15) is 11.3 Å². The number of nitrogens with one attached hydrogen (secondary N) is 1. The maximum Gasteiger partial charge on any atom is 0.339 e. The Morgan fingerprint density at radius 3 is 2.60 bits per heavy atom. The van der Waals surface area contributed by atoms with Crippen LogP contribution in [0.15, 0.2) is 30.6 Å². The van der Waals surface area contributed by atoms with Crippen LogP contribution < -0.4 is 5.32 Å². The average Bonchev–Trinajstić information content (AvgIpc) is 2.39. The Morgan fingerprint density at radius 2 is 2.00 bits per heavy atom. The Hall–Kier alpha value is -2.47. The molecule has 1 amide bonds. The maximum atomic E-state index is 12.0. The number of carbonyl (C=O) groups excluding carboxylic acids is 1. The Kier molecular flexibility index (Phi) is 3.95. The van der Waals surface area contributed by atoms with Gasteiger partial charge in [0.2, 0.25) is 0 Å². The van der Waals surface area contributed by atoms with Gasteiger partial charge in [-0.25, -0.2) is 9.78 Å². The molecule has 1 heterocycles. The van der Waals surface area contributed by atoms with Crippen molar-refractivity contribution in [2.75, 3.05) is 5.32 Å². The lowest BCUT2D eigenvalue weighted by Gasteiger charge is -2.09. The van der Waals surface area contributed by atoms with Crippen molar-refractivity contribution in [3.63, 3.8) is 0 Å². The summed E-state index contributed by atoms with van der Waals surface area (Å²) in [6, 6.07) is 4.44. The molecule has 0 unspecified atom stereocenters. The van der Waals surface area contributed by atoms with E-state index in [2.05, 4.69) is 15.3 Å². The first-order valence-corrected chi connectivity index (χ1v) is 5.98. The van der Waals surface area contributed by atoms with Gasteiger partial charge in [-0.2, -0.15) is 0 Å². The molecule has 1 aromatic heterocycles. The molecule has 0 saturated heterocycles. The van der Waals surface area contributed by atoms with E-state index >= 15 is 0 Å². The normalized spacial score (nSPS) is 10.1. The van der Waals surface area contributed by atoms with E-state index in [-0.39, 0.29) is 22.0 Å². The fourth-order valence-corrected chi connectivity index (χ4v) is 1.80. The van der Waals surface area contributed by atoms with Crippen LogP contribution in [-0.2, 0) is 0 Å². The quantitative estimate of drug-likeness (QED) is 0.906. The molecule has 0 spiro atoms. The highest BCUT2D eigenvalue weighted by Crippen LogP contribution is 2.24. The summed E-state index contributed by atoms with van der Waals surface area (Å²) in [4.78, 5) is 31.0. The second kappa shape index (κ2) is 5.66. The van der Waals surface area contributed by atoms with E-state index in [1.807, 2.05) is 0 Å². The zero-order chi connectivity index (χ0) is 14.7. The van der Waals surface area contributed by atoms with Crippen LogP contribution in [0.3, 0.4) is 0 Å². The molecule has 102 valence electrons. The minimum absolute atomic E-state index is 0.0466. The summed E-state index contributed by atoms with van der Waals surface area (Å²) >= 11 is 5.81. The molecule has 2 N–H and O–H groups in total. The van der Waals surface area contributed by atoms with Gasteiger partial charge in [-0.3, -0.25) is 9.78 Å². The molecule has 0 fully saturated rings. The van der Waals surface area contributed by atoms with E-state index < -0.39 is 11.9 Å². The van der Waals surface area contributed by atoms with Crippen LogP contribution in [-0.4, -0.2) is 27.0 Å². The monoisotopic (exact) mass is 291 g/mol. The molecule has 2 aromatic rings. The van der Waals surface area contributed by atoms with Crippen molar-refractivity contribution in [3.05, 3.63) is 52.6 Å². The van der Waals surface area contributed by atoms with Gasteiger partial charge in [0, 0.05) is 6.20 Å². The van der Waals surface area contributed by atoms with Crippen LogP contribution in [0, 0.1) is 6.92 Å². The zero-order valence-corrected chi connectivity index (χ0v) is 11.2. The number of aromatic carboxylic acids is 1. The second-order valence-corrected chi connectivity index (χ2v) is 4.37. The molecule has 0 aliphatic heterocycles. The number of aromatic nitrogens is 2. The van der Waals surface area contributed by atoms with Crippen LogP contribution in [0.4, 0.5) is 5.69 Å². The number of carboxylic acid groups (broad SMARTS) is 1. The molecule has 0 aliphatic rings. The average molecular weight is 292 g/mol. The Morgan fingerprint density at radius 1 is 1.25 bits per heavy atom. The van der Waals surface area contributed by atoms with E-state index in [0.29, 0.717) is 5.69 Å². The summed E-state index contributed by atoms with van der Waals surface area (Å²) in [7, 11) is 0. The fourth-order valence-electron chi connectivity index (χ4n) is 1.54. The van der Waals surface area contributed by atoms with Crippen LogP contribution in [0.1, 0.15) is 26.5 Å². The molecule has 0 radical (unpaired) electrons. The van der Waals surface area contributed by atoms with E-state index in [1.165, 1.54) is 24.5 Å². The van der Waals surface area contributed by atoms with Crippen molar-refractivity contribution in [3.8, 4) is 0 Å². The van der Waals surface area contributed by atoms with Crippen molar-refractivity contribution < 1.29 is 14.7 Å². The number of hydrogen-bond acceptors (Lipinski definition) is 4. The Labute approximate surface area is 119 Å². The largest absolute Gasteiger partial charge is 0.478 e. The minimum atomic E-state index is -1.22. The van der Waals surface area contributed by atoms with Gasteiger partial charge in [0.05, 0.1) is 22.6 Å². The van der Waals surface area contributed by atoms with Crippen molar-refractivity contribution in [2.45, 2.75) is 6.92 Å². The van der Waals surface area contributed by atoms with Gasteiger partial charge in [0.25, 0.3) is 5.91 Å². The van der Waals surface area contributed by atoms with E-state index in [4.69, 9.17) is 16.7 Å². The van der Waals surface area contributed by atoms with Gasteiger partial charge in [-0.1, -0.05) is 17.7 Å². The van der Waals surface area contributed by atoms with Gasteiger partial charge in [0.15, 0.2) is 0 Å². The third-order valence-electron chi connectivity index (χ3n) is 2.49. The van der Waals surface area contributed by atoms with Crippen LogP contribution in [0.2, 0.25) is 5.02 Å². The van der Waals surface area contributed by atoms with Crippen molar-refractivity contribution in [1.29, 1.82) is 0 Å². The van der Waals surface area contributed by atoms with Gasteiger partial charge >= 0.3 is 5.97 Å². The van der Waals surface area contributed by atoms with Gasteiger partial charge < -0.3 is 10.4 Å². The molecule has 0 aliphatic carbocycles. The first-order valence-electron chi connectivity index (χ1n) is 5.61. The summed E-state index contributed by atoms with van der Waals surface area (Å²) in [5.74, 6) is -1.77. The molecule has 7 heteroatoms. The summed E-state index contributed by atoms with van der Waals surface area (Å²) in [6.07, 6.45) is 2.76. The van der Waals surface area contributed by atoms with Crippen LogP contribution in [0.25, 0.3) is 0 Å². The van der Waals surface area contributed by atoms with Crippen molar-refractivity contribution >= 4 is 29.2 Å². The molecule has 20 heavy (non-hydrogen) atoms. The van der Waals surface area contributed by atoms with E-state index in [9.17, 15) is 9.59 Å². The fraction of sp³-hybridized carbons (Fsp3) is 0.0769. The SMILES string of the molecule is Cc1cnc(C(=O)Nc2cccc(Cl)c2C(=O)O)cn1. The Balaban J connectivity index is 2.30. The molecule has 0 bridgehead atoms. The molecular weight excluding hydrogens is 282 g/mol. The molecule has 6 nitrogen and oxygen atoms in total. The number of nitrogens with zero attached hydrogens (tertiary/aromatic N) is 2. The molecule has 2 rings (SSSR count). The number of halogens is 1. The second-order valence-electron chi connectivity index (χ2n) is 3.96. The summed E-state index contributed by atoms with van der Waals surface area (Å²) < 4.78 is 0. The van der Waals surface area contributed by atoms with Crippen LogP contribution >= 0.6 is 11.6 Å². The molecular formula is C13H10ClN3O3. The number of rotatable bonds is 3. The standard InChI is InChI=1S/C13H10ClN3O3/c1-7-5-16-10(6-15-7)12(18)17-9-4-2-3-8(14)11(9)13(19)20/h2-6H,1H3,(H,17,18)(H,19,20). The number of hydrogen-bond donors (Lipinski definition) is 2. The summed E-state index contributed by atoms with van der Waals surface area (Å²) in [5, 5.41) is 11.6. The lowest BCUT2D eigenvalue weighted by Crippen LogP contribution is -2.16. The third kappa shape index (κ3) is 2.92. The van der Waals surface area contributed by atoms with Crippen molar-refractivity contribution in [2.24, 2.45) is 0 Å². The number of benzene rings is 1. The lowest BCUT2D eigenvalue weighted by atomic mass is 10.1. The first kappa shape index (κ1) is 14.0. The summed E-state index contributed by atoms with van der Waals surface area (Å²) in [5.41, 5.74) is 0.711. The predicted molar refractivity (Wildman–Crippen MR) is 73.1 cm³/mol. The number of carbonyl (C=O) groups is 2. The highest BCUT2D eigenvalue weighted by atomic mass is 35.5. The number of aryl methyl sites for hydroxylation is 1. The van der Waals surface area contributed by atoms with E-state index in [0.717, 1.165) is 0 Å². The van der Waals surface area contributed by atoms with Gasteiger partial charge in [-0.15, -0.1) is 0 Å². The zero-order valence-electron chi connectivity index (χ0n) is 10.4. The third-order valence-corrected chi connectivity index (χ3v) is 2.80. The van der Waals surface area contributed by atoms with Crippen LogP contribution in [0.5, 0.6) is 0 Å². The van der Waals surface area contributed by atoms with Crippen molar-refractivity contribution in [1.82, 2.24) is 9.97 Å². The maximum absolute atomic E-state index is 12.0. The number of amides is 1. The molecule has 0 saturated carbocycles. The highest BCUT2D eigenvalue weighted by molar-refractivity contribution is 6.34. The lowest BCUT2D eigenvalue weighted by molar-refractivity contribution is 0.0698. The number of carboxylic acids is 1. The summed E-state index contributed by atoms with van der Waals surface area (Å²) in [6.45, 7) is 1.74. The van der Waals surface area contributed by atoms with E-state index in [1.54, 1.807) is 13.0 Å².